The maximum atomic E-state index is 14.1. The first-order valence-electron chi connectivity index (χ1n) is 14.9. The van der Waals surface area contributed by atoms with Crippen molar-refractivity contribution < 1.29 is 33.7 Å². The van der Waals surface area contributed by atoms with E-state index in [0.717, 1.165) is 27.8 Å². The molecule has 9 heteroatoms. The first-order valence-corrected chi connectivity index (χ1v) is 14.9. The second-order valence-electron chi connectivity index (χ2n) is 12.8. The minimum Gasteiger partial charge on any atom is -0.488 e. The summed E-state index contributed by atoms with van der Waals surface area (Å²) in [5.74, 6) is -1.24. The van der Waals surface area contributed by atoms with Crippen molar-refractivity contribution in [1.29, 1.82) is 0 Å². The number of nitrogens with zero attached hydrogens (tertiary/aromatic N) is 1. The first kappa shape index (κ1) is 31.1. The van der Waals surface area contributed by atoms with Crippen LogP contribution in [0.5, 0.6) is 5.75 Å². The Kier molecular flexibility index (Phi) is 8.44. The Morgan fingerprint density at radius 3 is 2.07 bits per heavy atom. The van der Waals surface area contributed by atoms with Crippen LogP contribution >= 0.6 is 0 Å². The van der Waals surface area contributed by atoms with Crippen molar-refractivity contribution in [1.82, 2.24) is 10.2 Å². The molecule has 0 radical (unpaired) electrons. The fourth-order valence-corrected chi connectivity index (χ4v) is 6.27. The minimum atomic E-state index is -1.22. The van der Waals surface area contributed by atoms with Gasteiger partial charge in [0.2, 0.25) is 5.91 Å². The molecule has 2 aliphatic rings. The number of fused-ring (bicyclic) bond motifs is 3. The lowest BCUT2D eigenvalue weighted by molar-refractivity contribution is -0.156. The van der Waals surface area contributed by atoms with Crippen molar-refractivity contribution >= 4 is 18.0 Å². The maximum Gasteiger partial charge on any atom is 0.407 e. The monoisotopic (exact) mass is 600 g/mol. The van der Waals surface area contributed by atoms with Gasteiger partial charge in [-0.15, -0.1) is 0 Å². The van der Waals surface area contributed by atoms with E-state index >= 15 is 0 Å². The van der Waals surface area contributed by atoms with Crippen LogP contribution in [0, 0.1) is 0 Å². The van der Waals surface area contributed by atoms with Gasteiger partial charge in [-0.2, -0.15) is 0 Å². The van der Waals surface area contributed by atoms with Crippen molar-refractivity contribution in [2.45, 2.75) is 83.4 Å². The quantitative estimate of drug-likeness (QED) is 0.338. The minimum absolute atomic E-state index is 0.0761. The molecule has 0 bridgehead atoms. The lowest BCUT2D eigenvalue weighted by atomic mass is 9.98. The molecule has 3 atom stereocenters. The molecule has 232 valence electrons. The number of carboxylic acid groups (broad SMARTS) is 1. The van der Waals surface area contributed by atoms with Gasteiger partial charge in [-0.3, -0.25) is 9.69 Å². The predicted molar refractivity (Wildman–Crippen MR) is 165 cm³/mol. The van der Waals surface area contributed by atoms with E-state index in [1.165, 1.54) is 4.90 Å². The molecule has 0 saturated carbocycles. The van der Waals surface area contributed by atoms with E-state index in [-0.39, 0.29) is 24.5 Å². The fraction of sp³-hybridized carbons (Fsp3) is 0.400. The van der Waals surface area contributed by atoms with Gasteiger partial charge < -0.3 is 24.6 Å². The molecule has 3 aromatic rings. The van der Waals surface area contributed by atoms with Crippen molar-refractivity contribution in [3.63, 3.8) is 0 Å². The molecule has 1 saturated heterocycles. The molecule has 3 aromatic carbocycles. The van der Waals surface area contributed by atoms with E-state index in [4.69, 9.17) is 14.2 Å². The van der Waals surface area contributed by atoms with E-state index in [9.17, 15) is 19.5 Å². The van der Waals surface area contributed by atoms with Crippen LogP contribution in [0.4, 0.5) is 4.79 Å². The fourth-order valence-electron chi connectivity index (χ4n) is 6.27. The lowest BCUT2D eigenvalue weighted by Gasteiger charge is -2.35. The average Bonchev–Trinajstić information content (AvgIpc) is 3.40. The van der Waals surface area contributed by atoms with E-state index in [2.05, 4.69) is 17.4 Å². The summed E-state index contributed by atoms with van der Waals surface area (Å²) in [7, 11) is 0. The number of rotatable bonds is 8. The third-order valence-electron chi connectivity index (χ3n) is 7.99. The summed E-state index contributed by atoms with van der Waals surface area (Å²) >= 11 is 0. The van der Waals surface area contributed by atoms with E-state index in [1.807, 2.05) is 69.3 Å². The van der Waals surface area contributed by atoms with Gasteiger partial charge in [-0.05, 0) is 81.5 Å². The number of nitrogens with one attached hydrogen (secondary N) is 1. The molecule has 5 rings (SSSR count). The SMILES string of the molecule is C[C@H]1OC(C)(C)N(C(=O)[C@H](Cc2ccc(OC(C)(C)C)cc2)NC(=O)OCC2c3ccccc3-c3ccccc32)[C@@H]1C(=O)O. The Balaban J connectivity index is 1.37. The van der Waals surface area contributed by atoms with Gasteiger partial charge in [-0.1, -0.05) is 60.7 Å². The van der Waals surface area contributed by atoms with E-state index in [1.54, 1.807) is 32.9 Å². The average molecular weight is 601 g/mol. The molecule has 1 aliphatic carbocycles. The third-order valence-corrected chi connectivity index (χ3v) is 7.99. The second kappa shape index (κ2) is 12.0. The van der Waals surface area contributed by atoms with Gasteiger partial charge in [0.25, 0.3) is 0 Å². The largest absolute Gasteiger partial charge is 0.488 e. The topological polar surface area (TPSA) is 114 Å². The Labute approximate surface area is 258 Å². The summed E-state index contributed by atoms with van der Waals surface area (Å²) in [6.45, 7) is 10.8. The van der Waals surface area contributed by atoms with Crippen LogP contribution in [0.25, 0.3) is 11.1 Å². The molecule has 1 fully saturated rings. The third kappa shape index (κ3) is 6.43. The van der Waals surface area contributed by atoms with Crippen LogP contribution in [0.1, 0.15) is 64.2 Å². The molecule has 0 unspecified atom stereocenters. The van der Waals surface area contributed by atoms with Crippen LogP contribution in [0.15, 0.2) is 72.8 Å². The lowest BCUT2D eigenvalue weighted by Crippen LogP contribution is -2.58. The molecule has 2 amide bonds. The summed E-state index contributed by atoms with van der Waals surface area (Å²) in [6.07, 6.45) is -1.40. The van der Waals surface area contributed by atoms with Crippen molar-refractivity contribution in [2.24, 2.45) is 0 Å². The van der Waals surface area contributed by atoms with Crippen molar-refractivity contribution in [2.75, 3.05) is 6.61 Å². The molecule has 1 heterocycles. The number of hydrogen-bond acceptors (Lipinski definition) is 6. The zero-order valence-electron chi connectivity index (χ0n) is 26.0. The number of amides is 2. The zero-order valence-corrected chi connectivity index (χ0v) is 26.0. The normalized spacial score (nSPS) is 19.5. The van der Waals surface area contributed by atoms with Crippen molar-refractivity contribution in [3.05, 3.63) is 89.5 Å². The Hall–Kier alpha value is -4.37. The molecular weight excluding hydrogens is 560 g/mol. The Bertz CT molecular complexity index is 1500. The number of carbonyl (C=O) groups is 3. The van der Waals surface area contributed by atoms with Crippen LogP contribution in [0.2, 0.25) is 0 Å². The van der Waals surface area contributed by atoms with Crippen LogP contribution in [-0.2, 0) is 25.5 Å². The van der Waals surface area contributed by atoms with Gasteiger partial charge in [0, 0.05) is 12.3 Å². The Morgan fingerprint density at radius 1 is 0.955 bits per heavy atom. The molecule has 0 aromatic heterocycles. The second-order valence-corrected chi connectivity index (χ2v) is 12.8. The van der Waals surface area contributed by atoms with Crippen LogP contribution in [-0.4, -0.2) is 64.1 Å². The summed E-state index contributed by atoms with van der Waals surface area (Å²) in [6, 6.07) is 21.0. The van der Waals surface area contributed by atoms with E-state index in [0.29, 0.717) is 5.75 Å². The predicted octanol–water partition coefficient (Wildman–Crippen LogP) is 5.75. The number of aliphatic carboxylic acids is 1. The summed E-state index contributed by atoms with van der Waals surface area (Å²) in [5, 5.41) is 12.7. The van der Waals surface area contributed by atoms with E-state index < -0.39 is 41.9 Å². The first-order chi connectivity index (χ1) is 20.7. The molecule has 9 nitrogen and oxygen atoms in total. The molecule has 44 heavy (non-hydrogen) atoms. The number of benzene rings is 3. The van der Waals surface area contributed by atoms with Gasteiger partial charge in [-0.25, -0.2) is 9.59 Å². The van der Waals surface area contributed by atoms with Gasteiger partial charge >= 0.3 is 12.1 Å². The molecule has 1 aliphatic heterocycles. The highest BCUT2D eigenvalue weighted by Gasteiger charge is 2.53. The highest BCUT2D eigenvalue weighted by molar-refractivity contribution is 5.91. The van der Waals surface area contributed by atoms with Crippen molar-refractivity contribution in [3.8, 4) is 16.9 Å². The smallest absolute Gasteiger partial charge is 0.407 e. The van der Waals surface area contributed by atoms with Crippen LogP contribution < -0.4 is 10.1 Å². The highest BCUT2D eigenvalue weighted by atomic mass is 16.6. The summed E-state index contributed by atoms with van der Waals surface area (Å²) in [5.41, 5.74) is 3.52. The standard InChI is InChI=1S/C35H40N2O7/c1-21-30(32(39)40)37(35(5,6)43-21)31(38)29(19-22-15-17-23(18-16-22)44-34(2,3)4)36-33(41)42-20-28-26-13-9-7-11-24(26)25-12-8-10-14-27(25)28/h7-18,21,28-30H,19-20H2,1-6H3,(H,36,41)(H,39,40)/t21-,29+,30+/m1/s1. The number of ether oxygens (including phenoxy) is 3. The Morgan fingerprint density at radius 2 is 1.52 bits per heavy atom. The maximum absolute atomic E-state index is 14.1. The number of hydrogen-bond donors (Lipinski definition) is 2. The molecule has 0 spiro atoms. The number of carbonyl (C=O) groups excluding carboxylic acids is 2. The van der Waals surface area contributed by atoms with Gasteiger partial charge in [0.05, 0.1) is 6.10 Å². The van der Waals surface area contributed by atoms with Crippen LogP contribution in [0.3, 0.4) is 0 Å². The molecular formula is C35H40N2O7. The van der Waals surface area contributed by atoms with Gasteiger partial charge in [0.15, 0.2) is 6.04 Å². The summed E-state index contributed by atoms with van der Waals surface area (Å²) in [4.78, 5) is 40.8. The number of carboxylic acids is 1. The highest BCUT2D eigenvalue weighted by Crippen LogP contribution is 2.44. The summed E-state index contributed by atoms with van der Waals surface area (Å²) < 4.78 is 17.5. The molecule has 2 N–H and O–H groups in total. The number of alkyl carbamates (subject to hydrolysis) is 1. The zero-order chi connectivity index (χ0) is 31.8. The van der Waals surface area contributed by atoms with Gasteiger partial charge in [0.1, 0.15) is 29.7 Å².